The minimum Gasteiger partial charge on any atom is -0.495 e. The Morgan fingerprint density at radius 1 is 0.450 bits per heavy atom. The lowest BCUT2D eigenvalue weighted by Gasteiger charge is -2.37. The van der Waals surface area contributed by atoms with Crippen LogP contribution in [0.2, 0.25) is 0 Å². The Hall–Kier alpha value is -9.38. The first kappa shape index (κ1) is 54.0. The number of carbonyl (C=O) groups is 4. The van der Waals surface area contributed by atoms with Gasteiger partial charge in [-0.1, -0.05) is 72.8 Å². The van der Waals surface area contributed by atoms with E-state index in [-0.39, 0.29) is 22.5 Å². The van der Waals surface area contributed by atoms with Gasteiger partial charge in [0.25, 0.3) is 11.8 Å². The highest BCUT2D eigenvalue weighted by molar-refractivity contribution is 6.31. The Morgan fingerprint density at radius 3 is 1.18 bits per heavy atom. The van der Waals surface area contributed by atoms with Gasteiger partial charge < -0.3 is 28.9 Å². The second-order valence-corrected chi connectivity index (χ2v) is 19.7. The number of pyridine rings is 2. The Labute approximate surface area is 465 Å². The molecular formula is C64H62N8O8. The molecule has 6 aromatic carbocycles. The molecule has 406 valence electrons. The highest BCUT2D eigenvalue weighted by atomic mass is 16.8. The van der Waals surface area contributed by atoms with E-state index in [1.54, 1.807) is 99.7 Å². The number of methoxy groups -OCH3 is 2. The van der Waals surface area contributed by atoms with Crippen molar-refractivity contribution in [1.29, 1.82) is 0 Å². The van der Waals surface area contributed by atoms with Crippen LogP contribution in [0.15, 0.2) is 183 Å². The Balaban J connectivity index is 0.961. The zero-order valence-electron chi connectivity index (χ0n) is 45.2. The first-order valence-electron chi connectivity index (χ1n) is 26.6. The lowest BCUT2D eigenvalue weighted by atomic mass is 9.99. The van der Waals surface area contributed by atoms with Crippen molar-refractivity contribution in [1.82, 2.24) is 19.8 Å². The summed E-state index contributed by atoms with van der Waals surface area (Å²) in [6.45, 7) is 10.9. The molecule has 0 unspecified atom stereocenters. The summed E-state index contributed by atoms with van der Waals surface area (Å²) >= 11 is 0. The van der Waals surface area contributed by atoms with E-state index in [1.165, 1.54) is 11.1 Å². The molecule has 4 heterocycles. The first-order chi connectivity index (χ1) is 39.0. The Kier molecular flexibility index (Phi) is 16.8. The topological polar surface area (TPSA) is 150 Å². The van der Waals surface area contributed by atoms with E-state index in [1.807, 2.05) is 86.6 Å². The largest absolute Gasteiger partial charge is 0.495 e. The molecule has 0 radical (unpaired) electrons. The summed E-state index contributed by atoms with van der Waals surface area (Å²) in [5.74, 6) is -3.57. The average molecular weight is 1070 g/mol. The number of hydroxylamine groups is 2. The van der Waals surface area contributed by atoms with Gasteiger partial charge in [-0.2, -0.15) is 0 Å². The smallest absolute Gasteiger partial charge is 0.444 e. The molecule has 16 heteroatoms. The quantitative estimate of drug-likeness (QED) is 0.0751. The first-order valence-corrected chi connectivity index (χ1v) is 26.6. The molecule has 0 aliphatic carbocycles. The summed E-state index contributed by atoms with van der Waals surface area (Å²) in [5, 5.41) is 1.57. The summed E-state index contributed by atoms with van der Waals surface area (Å²) < 4.78 is 11.7. The molecule has 0 atom stereocenters. The third-order valence-corrected chi connectivity index (χ3v) is 14.5. The van der Waals surface area contributed by atoms with E-state index < -0.39 is 23.8 Å². The van der Waals surface area contributed by atoms with Crippen LogP contribution in [0.5, 0.6) is 11.5 Å². The van der Waals surface area contributed by atoms with Gasteiger partial charge in [0.1, 0.15) is 11.5 Å². The molecule has 2 aliphatic heterocycles. The number of aryl methyl sites for hydroxylation is 2. The van der Waals surface area contributed by atoms with E-state index in [9.17, 15) is 19.2 Å². The summed E-state index contributed by atoms with van der Waals surface area (Å²) in [6, 6.07) is 48.3. The third kappa shape index (κ3) is 12.5. The number of hydrogen-bond acceptors (Lipinski definition) is 14. The molecule has 0 bridgehead atoms. The minimum absolute atomic E-state index is 0.135. The SMILES string of the molecule is COc1ccc(N(OC(=O)C(=O)ON(C(=O)c2ccc(-c3ccncc3)c(C)c2)c2ccc(OC)c(N3CCN(Cc4ccccc4)CC3)c2)C(=O)c2ccc(-c3ccncc3)c(C)c2)cc1N1CCN(Cc2ccccc2)CC1. The molecule has 10 rings (SSSR count). The maximum absolute atomic E-state index is 15.0. The average Bonchev–Trinajstić information content (AvgIpc) is 3.52. The fraction of sp³-hybridized carbons (Fsp3) is 0.219. The molecule has 2 aliphatic rings. The zero-order chi connectivity index (χ0) is 55.5. The second kappa shape index (κ2) is 25.0. The Bertz CT molecular complexity index is 3230. The van der Waals surface area contributed by atoms with Crippen molar-refractivity contribution in [2.45, 2.75) is 26.9 Å². The molecule has 0 saturated carbocycles. The lowest BCUT2D eigenvalue weighted by Crippen LogP contribution is -2.46. The third-order valence-electron chi connectivity index (χ3n) is 14.5. The monoisotopic (exact) mass is 1070 g/mol. The predicted octanol–water partition coefficient (Wildman–Crippen LogP) is 10.00. The normalized spacial score (nSPS) is 13.8. The number of aromatic nitrogens is 2. The van der Waals surface area contributed by atoms with Gasteiger partial charge in [-0.3, -0.25) is 29.4 Å². The molecule has 0 N–H and O–H groups in total. The minimum atomic E-state index is -1.57. The van der Waals surface area contributed by atoms with Crippen LogP contribution in [0.3, 0.4) is 0 Å². The van der Waals surface area contributed by atoms with Gasteiger partial charge in [0, 0.05) is 101 Å². The zero-order valence-corrected chi connectivity index (χ0v) is 45.2. The number of hydrogen-bond donors (Lipinski definition) is 0. The highest BCUT2D eigenvalue weighted by Crippen LogP contribution is 2.37. The van der Waals surface area contributed by atoms with Gasteiger partial charge in [-0.15, -0.1) is 10.1 Å². The molecule has 16 nitrogen and oxygen atoms in total. The van der Waals surface area contributed by atoms with Crippen molar-refractivity contribution in [2.75, 3.05) is 86.5 Å². The molecule has 2 fully saturated rings. The second-order valence-electron chi connectivity index (χ2n) is 19.7. The summed E-state index contributed by atoms with van der Waals surface area (Å²) in [5.41, 5.74) is 9.42. The van der Waals surface area contributed by atoms with Crippen LogP contribution in [-0.2, 0) is 32.4 Å². The fourth-order valence-corrected chi connectivity index (χ4v) is 10.3. The number of rotatable bonds is 14. The lowest BCUT2D eigenvalue weighted by molar-refractivity contribution is -0.168. The van der Waals surface area contributed by atoms with Gasteiger partial charge in [-0.25, -0.2) is 9.59 Å². The maximum atomic E-state index is 15.0. The van der Waals surface area contributed by atoms with Crippen molar-refractivity contribution in [2.24, 2.45) is 0 Å². The molecule has 8 aromatic rings. The van der Waals surface area contributed by atoms with Crippen LogP contribution < -0.4 is 29.4 Å². The van der Waals surface area contributed by atoms with Crippen molar-refractivity contribution in [3.8, 4) is 33.8 Å². The number of anilines is 4. The highest BCUT2D eigenvalue weighted by Gasteiger charge is 2.34. The van der Waals surface area contributed by atoms with Crippen LogP contribution in [0.1, 0.15) is 43.0 Å². The van der Waals surface area contributed by atoms with Gasteiger partial charge in [0.2, 0.25) is 0 Å². The number of benzene rings is 6. The van der Waals surface area contributed by atoms with Gasteiger partial charge >= 0.3 is 11.9 Å². The predicted molar refractivity (Wildman–Crippen MR) is 308 cm³/mol. The standard InChI is InChI=1S/C64H62N8O8/c1-45-39-51(15-19-55(45)49-23-27-65-28-24-49)61(73)71(53-17-21-59(77-3)57(41-53)69-35-31-67(32-36-69)43-47-11-7-5-8-12-47)79-63(75)64(76)80-72(62(74)52-16-20-56(46(2)40-52)50-25-29-66-30-26-50)54-18-22-60(78-4)58(42-54)70-37-33-68(34-38-70)44-48-13-9-6-10-14-48/h5-30,39-42H,31-38,43-44H2,1-4H3. The van der Waals surface area contributed by atoms with E-state index in [0.717, 1.165) is 82.8 Å². The fourth-order valence-electron chi connectivity index (χ4n) is 10.3. The summed E-state index contributed by atoms with van der Waals surface area (Å²) in [4.78, 5) is 88.1. The van der Waals surface area contributed by atoms with E-state index >= 15 is 0 Å². The van der Waals surface area contributed by atoms with Crippen molar-refractivity contribution in [3.05, 3.63) is 216 Å². The van der Waals surface area contributed by atoms with Crippen LogP contribution in [0.25, 0.3) is 22.3 Å². The number of nitrogens with zero attached hydrogens (tertiary/aromatic N) is 8. The summed E-state index contributed by atoms with van der Waals surface area (Å²) in [6.07, 6.45) is 6.76. The van der Waals surface area contributed by atoms with Crippen LogP contribution in [0.4, 0.5) is 22.7 Å². The maximum Gasteiger partial charge on any atom is 0.444 e. The molecule has 2 saturated heterocycles. The van der Waals surface area contributed by atoms with Crippen molar-refractivity contribution >= 4 is 46.5 Å². The van der Waals surface area contributed by atoms with Crippen molar-refractivity contribution in [3.63, 3.8) is 0 Å². The molecule has 80 heavy (non-hydrogen) atoms. The number of ether oxygens (including phenoxy) is 2. The molecular weight excluding hydrogens is 1010 g/mol. The van der Waals surface area contributed by atoms with Crippen LogP contribution in [0, 0.1) is 13.8 Å². The van der Waals surface area contributed by atoms with E-state index in [2.05, 4.69) is 53.8 Å². The van der Waals surface area contributed by atoms with Gasteiger partial charge in [0.15, 0.2) is 0 Å². The number of carbonyl (C=O) groups excluding carboxylic acids is 4. The summed E-state index contributed by atoms with van der Waals surface area (Å²) in [7, 11) is 3.14. The molecule has 2 amide bonds. The number of amides is 2. The van der Waals surface area contributed by atoms with Crippen LogP contribution in [-0.4, -0.2) is 110 Å². The molecule has 2 aromatic heterocycles. The van der Waals surface area contributed by atoms with E-state index in [4.69, 9.17) is 19.1 Å². The molecule has 0 spiro atoms. The number of piperazine rings is 2. The Morgan fingerprint density at radius 2 is 0.825 bits per heavy atom. The van der Waals surface area contributed by atoms with Crippen molar-refractivity contribution < 1.29 is 38.3 Å². The van der Waals surface area contributed by atoms with Crippen LogP contribution >= 0.6 is 0 Å². The van der Waals surface area contributed by atoms with Gasteiger partial charge in [-0.05, 0) is 143 Å². The van der Waals surface area contributed by atoms with Gasteiger partial charge in [0.05, 0.1) is 37.0 Å². The van der Waals surface area contributed by atoms with E-state index in [0.29, 0.717) is 49.1 Å².